The number of para-hydroxylation sites is 2. The van der Waals surface area contributed by atoms with Gasteiger partial charge >= 0.3 is 0 Å². The Bertz CT molecular complexity index is 1700. The number of benzene rings is 2. The first-order valence-electron chi connectivity index (χ1n) is 13.6. The summed E-state index contributed by atoms with van der Waals surface area (Å²) in [6, 6.07) is 15.6. The number of hydrogen-bond donors (Lipinski definition) is 2. The Morgan fingerprint density at radius 1 is 1.10 bits per heavy atom. The van der Waals surface area contributed by atoms with E-state index in [1.54, 1.807) is 43.6 Å². The number of aryl methyl sites for hydroxylation is 1. The van der Waals surface area contributed by atoms with Crippen molar-refractivity contribution in [2.75, 3.05) is 38.4 Å². The molecule has 0 atom stereocenters. The topological polar surface area (TPSA) is 93.5 Å². The monoisotopic (exact) mass is 588 g/mol. The van der Waals surface area contributed by atoms with Crippen LogP contribution in [-0.4, -0.2) is 53.1 Å². The van der Waals surface area contributed by atoms with Crippen LogP contribution < -0.4 is 20.1 Å². The summed E-state index contributed by atoms with van der Waals surface area (Å²) in [5, 5.41) is 5.92. The molecule has 0 aliphatic carbocycles. The van der Waals surface area contributed by atoms with E-state index in [0.29, 0.717) is 29.4 Å². The highest BCUT2D eigenvalue weighted by atomic mass is 32.1. The second-order valence-corrected chi connectivity index (χ2v) is 10.9. The van der Waals surface area contributed by atoms with E-state index in [2.05, 4.69) is 38.2 Å². The number of aromatic nitrogens is 3. The number of hydrogen-bond acceptors (Lipinski definition) is 8. The Balaban J connectivity index is 1.24. The molecular weight excluding hydrogens is 555 g/mol. The molecule has 0 saturated carbocycles. The fourth-order valence-electron chi connectivity index (χ4n) is 4.47. The Labute approximate surface area is 247 Å². The molecule has 3 aromatic heterocycles. The van der Waals surface area contributed by atoms with Crippen molar-refractivity contribution in [3.63, 3.8) is 0 Å². The number of rotatable bonds is 12. The van der Waals surface area contributed by atoms with Crippen molar-refractivity contribution in [3.05, 3.63) is 78.6 Å². The van der Waals surface area contributed by atoms with Crippen LogP contribution in [0.3, 0.4) is 0 Å². The fraction of sp³-hybridized carbons (Fsp3) is 0.258. The van der Waals surface area contributed by atoms with E-state index in [-0.39, 0.29) is 18.1 Å². The minimum absolute atomic E-state index is 0.0976. The zero-order chi connectivity index (χ0) is 29.6. The molecular formula is C31H33FN6O3S. The predicted molar refractivity (Wildman–Crippen MR) is 165 cm³/mol. The summed E-state index contributed by atoms with van der Waals surface area (Å²) < 4.78 is 29.3. The van der Waals surface area contributed by atoms with Crippen molar-refractivity contribution in [2.24, 2.45) is 0 Å². The normalized spacial score (nSPS) is 11.2. The quantitative estimate of drug-likeness (QED) is 0.169. The lowest BCUT2D eigenvalue weighted by Crippen LogP contribution is -2.16. The van der Waals surface area contributed by atoms with E-state index in [1.807, 2.05) is 32.3 Å². The fourth-order valence-corrected chi connectivity index (χ4v) is 5.49. The maximum atomic E-state index is 15.1. The SMILES string of the molecule is CCn1cc(-c2cc3nccc(Oc4ccc(NCCC(=O)Nc5ccccc5OC)cc4F)c3s2)nc1CN(C)C. The van der Waals surface area contributed by atoms with Gasteiger partial charge < -0.3 is 29.6 Å². The van der Waals surface area contributed by atoms with Crippen LogP contribution in [0, 0.1) is 5.82 Å². The highest BCUT2D eigenvalue weighted by Crippen LogP contribution is 2.39. The van der Waals surface area contributed by atoms with Crippen molar-refractivity contribution in [1.82, 2.24) is 19.4 Å². The van der Waals surface area contributed by atoms with Crippen LogP contribution in [-0.2, 0) is 17.9 Å². The van der Waals surface area contributed by atoms with Crippen LogP contribution in [0.15, 0.2) is 67.0 Å². The third-order valence-corrected chi connectivity index (χ3v) is 7.66. The molecule has 0 aliphatic heterocycles. The van der Waals surface area contributed by atoms with Crippen LogP contribution in [0.4, 0.5) is 15.8 Å². The van der Waals surface area contributed by atoms with Crippen molar-refractivity contribution in [3.8, 4) is 27.8 Å². The number of amides is 1. The standard InChI is InChI=1S/C31H33FN6O3S/c1-5-38-18-24(35-29(38)19-37(2)3)28-17-23-31(42-28)27(12-14-34-23)41-25-11-10-20(16-21(25)32)33-15-13-30(39)36-22-8-6-7-9-26(22)40-4/h6-12,14,16-18,33H,5,13,15,19H2,1-4H3,(H,36,39). The number of pyridine rings is 1. The maximum Gasteiger partial charge on any atom is 0.226 e. The van der Waals surface area contributed by atoms with Gasteiger partial charge in [0.15, 0.2) is 11.6 Å². The van der Waals surface area contributed by atoms with Crippen LogP contribution in [0.1, 0.15) is 19.2 Å². The number of nitrogens with one attached hydrogen (secondary N) is 2. The van der Waals surface area contributed by atoms with Crippen LogP contribution in [0.25, 0.3) is 20.8 Å². The molecule has 11 heteroatoms. The Hall–Kier alpha value is -4.48. The highest BCUT2D eigenvalue weighted by Gasteiger charge is 2.16. The van der Waals surface area contributed by atoms with E-state index >= 15 is 4.39 Å². The minimum atomic E-state index is -0.518. The summed E-state index contributed by atoms with van der Waals surface area (Å²) in [5.74, 6) is 1.50. The van der Waals surface area contributed by atoms with Gasteiger partial charge in [0.05, 0.1) is 40.1 Å². The number of carbonyl (C=O) groups excluding carboxylic acids is 1. The Morgan fingerprint density at radius 2 is 1.93 bits per heavy atom. The van der Waals surface area contributed by atoms with Crippen molar-refractivity contribution in [2.45, 2.75) is 26.4 Å². The van der Waals surface area contributed by atoms with E-state index in [1.165, 1.54) is 17.4 Å². The molecule has 0 spiro atoms. The van der Waals surface area contributed by atoms with Gasteiger partial charge in [-0.25, -0.2) is 9.37 Å². The molecule has 0 radical (unpaired) electrons. The van der Waals surface area contributed by atoms with Crippen LogP contribution in [0.2, 0.25) is 0 Å². The maximum absolute atomic E-state index is 15.1. The molecule has 1 amide bonds. The summed E-state index contributed by atoms with van der Waals surface area (Å²) in [4.78, 5) is 24.8. The molecule has 5 aromatic rings. The number of fused-ring (bicyclic) bond motifs is 1. The first kappa shape index (κ1) is 29.0. The van der Waals surface area contributed by atoms with Crippen LogP contribution >= 0.6 is 11.3 Å². The molecule has 3 heterocycles. The average molecular weight is 589 g/mol. The van der Waals surface area contributed by atoms with Crippen molar-refractivity contribution < 1.29 is 18.7 Å². The number of ether oxygens (including phenoxy) is 2. The van der Waals surface area contributed by atoms with Gasteiger partial charge in [0, 0.05) is 49.7 Å². The predicted octanol–water partition coefficient (Wildman–Crippen LogP) is 6.62. The molecule has 0 fully saturated rings. The zero-order valence-corrected chi connectivity index (χ0v) is 24.8. The van der Waals surface area contributed by atoms with Gasteiger partial charge in [-0.2, -0.15) is 0 Å². The van der Waals surface area contributed by atoms with Gasteiger partial charge in [0.1, 0.15) is 17.3 Å². The Kier molecular flexibility index (Phi) is 8.99. The summed E-state index contributed by atoms with van der Waals surface area (Å²) in [6.07, 6.45) is 3.90. The summed E-state index contributed by atoms with van der Waals surface area (Å²) >= 11 is 1.52. The number of thiophene rings is 1. The van der Waals surface area contributed by atoms with Crippen LogP contribution in [0.5, 0.6) is 17.2 Å². The lowest BCUT2D eigenvalue weighted by atomic mass is 10.2. The first-order valence-corrected chi connectivity index (χ1v) is 14.4. The average Bonchev–Trinajstić information content (AvgIpc) is 3.59. The van der Waals surface area contributed by atoms with Gasteiger partial charge in [-0.15, -0.1) is 11.3 Å². The van der Waals surface area contributed by atoms with Crippen molar-refractivity contribution >= 4 is 38.8 Å². The molecule has 5 rings (SSSR count). The molecule has 2 aromatic carbocycles. The zero-order valence-electron chi connectivity index (χ0n) is 24.0. The molecule has 2 N–H and O–H groups in total. The Morgan fingerprint density at radius 3 is 2.69 bits per heavy atom. The molecule has 0 unspecified atom stereocenters. The van der Waals surface area contributed by atoms with E-state index in [9.17, 15) is 4.79 Å². The minimum Gasteiger partial charge on any atom is -0.495 e. The summed E-state index contributed by atoms with van der Waals surface area (Å²) in [5.41, 5.74) is 2.78. The van der Waals surface area contributed by atoms with E-state index in [0.717, 1.165) is 39.7 Å². The van der Waals surface area contributed by atoms with Crippen molar-refractivity contribution in [1.29, 1.82) is 0 Å². The smallest absolute Gasteiger partial charge is 0.226 e. The largest absolute Gasteiger partial charge is 0.495 e. The molecule has 0 saturated heterocycles. The second kappa shape index (κ2) is 13.0. The third-order valence-electron chi connectivity index (χ3n) is 6.50. The number of methoxy groups -OCH3 is 1. The summed E-state index contributed by atoms with van der Waals surface area (Å²) in [7, 11) is 5.59. The third kappa shape index (κ3) is 6.69. The summed E-state index contributed by atoms with van der Waals surface area (Å²) in [6.45, 7) is 3.99. The van der Waals surface area contributed by atoms with Gasteiger partial charge in [-0.05, 0) is 51.4 Å². The second-order valence-electron chi connectivity index (χ2n) is 9.87. The van der Waals surface area contributed by atoms with Gasteiger partial charge in [0.25, 0.3) is 0 Å². The van der Waals surface area contributed by atoms with E-state index < -0.39 is 5.82 Å². The molecule has 0 aliphatic rings. The number of anilines is 2. The molecule has 0 bridgehead atoms. The van der Waals surface area contributed by atoms with Gasteiger partial charge in [-0.1, -0.05) is 12.1 Å². The molecule has 218 valence electrons. The van der Waals surface area contributed by atoms with E-state index in [4.69, 9.17) is 14.5 Å². The number of carbonyl (C=O) groups is 1. The lowest BCUT2D eigenvalue weighted by Gasteiger charge is -2.12. The number of halogens is 1. The molecule has 9 nitrogen and oxygen atoms in total. The molecule has 42 heavy (non-hydrogen) atoms. The number of imidazole rings is 1. The number of nitrogens with zero attached hydrogens (tertiary/aromatic N) is 4. The lowest BCUT2D eigenvalue weighted by molar-refractivity contribution is -0.116. The van der Waals surface area contributed by atoms with Gasteiger partial charge in [0.2, 0.25) is 5.91 Å². The highest BCUT2D eigenvalue weighted by molar-refractivity contribution is 7.22. The first-order chi connectivity index (χ1) is 20.3. The van der Waals surface area contributed by atoms with Gasteiger partial charge in [-0.3, -0.25) is 9.78 Å².